The van der Waals surface area contributed by atoms with Gasteiger partial charge in [0.05, 0.1) is 36.9 Å². The topological polar surface area (TPSA) is 90.9 Å². The number of allylic oxidation sites excluding steroid dienone is 2. The molecule has 0 amide bonds. The number of dihydropyridines is 1. The second-order valence-corrected chi connectivity index (χ2v) is 7.45. The maximum atomic E-state index is 13.0. The van der Waals surface area contributed by atoms with E-state index in [2.05, 4.69) is 5.32 Å². The molecule has 0 unspecified atom stereocenters. The molecule has 0 spiro atoms. The third-order valence-electron chi connectivity index (χ3n) is 5.31. The van der Waals surface area contributed by atoms with Crippen LogP contribution in [-0.4, -0.2) is 37.7 Å². The van der Waals surface area contributed by atoms with Crippen molar-refractivity contribution in [1.29, 1.82) is 0 Å². The summed E-state index contributed by atoms with van der Waals surface area (Å²) in [5.74, 6) is -2.14. The zero-order valence-electron chi connectivity index (χ0n) is 20.2. The van der Waals surface area contributed by atoms with E-state index in [4.69, 9.17) is 14.2 Å². The molecule has 7 nitrogen and oxygen atoms in total. The van der Waals surface area contributed by atoms with Crippen LogP contribution >= 0.6 is 0 Å². The van der Waals surface area contributed by atoms with Crippen molar-refractivity contribution in [2.45, 2.75) is 53.9 Å². The third-order valence-corrected chi connectivity index (χ3v) is 5.31. The number of hydrogen-bond donors (Lipinski definition) is 1. The van der Waals surface area contributed by atoms with Crippen molar-refractivity contribution >= 4 is 24.0 Å². The summed E-state index contributed by atoms with van der Waals surface area (Å²) in [6, 6.07) is 7.37. The average molecular weight is 456 g/mol. The van der Waals surface area contributed by atoms with Crippen LogP contribution in [0.3, 0.4) is 0 Å². The summed E-state index contributed by atoms with van der Waals surface area (Å²) in [4.78, 5) is 38.5. The van der Waals surface area contributed by atoms with Crippen molar-refractivity contribution < 1.29 is 28.6 Å². The van der Waals surface area contributed by atoms with Gasteiger partial charge in [0, 0.05) is 17.0 Å². The molecule has 0 fully saturated rings. The number of carbonyl (C=O) groups is 3. The van der Waals surface area contributed by atoms with Crippen molar-refractivity contribution in [3.05, 3.63) is 63.5 Å². The Hall–Kier alpha value is -3.35. The lowest BCUT2D eigenvalue weighted by Crippen LogP contribution is -2.32. The molecule has 1 aromatic rings. The summed E-state index contributed by atoms with van der Waals surface area (Å²) in [7, 11) is 0. The summed E-state index contributed by atoms with van der Waals surface area (Å²) < 4.78 is 15.9. The highest BCUT2D eigenvalue weighted by Gasteiger charge is 2.38. The van der Waals surface area contributed by atoms with Crippen LogP contribution in [0.25, 0.3) is 6.08 Å². The van der Waals surface area contributed by atoms with Gasteiger partial charge in [-0.1, -0.05) is 31.2 Å². The number of ether oxygens (including phenoxy) is 3. The molecule has 0 aliphatic carbocycles. The molecule has 33 heavy (non-hydrogen) atoms. The summed E-state index contributed by atoms with van der Waals surface area (Å²) in [6.07, 6.45) is 2.23. The van der Waals surface area contributed by atoms with E-state index in [0.29, 0.717) is 45.7 Å². The van der Waals surface area contributed by atoms with Gasteiger partial charge in [-0.3, -0.25) is 0 Å². The van der Waals surface area contributed by atoms with Crippen LogP contribution in [0.2, 0.25) is 0 Å². The molecule has 2 rings (SSSR count). The number of benzene rings is 1. The fraction of sp³-hybridized carbons (Fsp3) is 0.423. The van der Waals surface area contributed by atoms with E-state index >= 15 is 0 Å². The van der Waals surface area contributed by atoms with E-state index in [0.717, 1.165) is 0 Å². The minimum atomic E-state index is -0.725. The Kier molecular flexibility index (Phi) is 9.45. The van der Waals surface area contributed by atoms with Gasteiger partial charge in [-0.2, -0.15) is 0 Å². The summed E-state index contributed by atoms with van der Waals surface area (Å²) >= 11 is 0. The summed E-state index contributed by atoms with van der Waals surface area (Å²) in [6.45, 7) is 11.3. The first-order valence-corrected chi connectivity index (χ1v) is 11.3. The number of carbonyl (C=O) groups excluding carboxylic acids is 3. The van der Waals surface area contributed by atoms with Crippen LogP contribution in [-0.2, 0) is 28.6 Å². The lowest BCUT2D eigenvalue weighted by Gasteiger charge is -2.31. The number of esters is 3. The predicted octanol–water partition coefficient (Wildman–Crippen LogP) is 4.40. The highest BCUT2D eigenvalue weighted by Crippen LogP contribution is 2.41. The van der Waals surface area contributed by atoms with Crippen LogP contribution in [0, 0.1) is 0 Å². The van der Waals surface area contributed by atoms with Gasteiger partial charge in [0.1, 0.15) is 0 Å². The third kappa shape index (κ3) is 5.92. The molecule has 1 aliphatic rings. The van der Waals surface area contributed by atoms with Gasteiger partial charge in [0.15, 0.2) is 0 Å². The van der Waals surface area contributed by atoms with Crippen LogP contribution in [0.4, 0.5) is 0 Å². The molecule has 1 N–H and O–H groups in total. The highest BCUT2D eigenvalue weighted by atomic mass is 16.5. The van der Waals surface area contributed by atoms with Crippen LogP contribution in [0.5, 0.6) is 0 Å². The second kappa shape index (κ2) is 12.0. The number of rotatable bonds is 9. The summed E-state index contributed by atoms with van der Waals surface area (Å²) in [5, 5.41) is 3.13. The minimum absolute atomic E-state index is 0.199. The molecule has 1 aliphatic heterocycles. The summed E-state index contributed by atoms with van der Waals surface area (Å²) in [5.41, 5.74) is 3.77. The SMILES string of the molecule is CCOC(=O)C(=Cc1ccccc1C1C(C(=O)OCC)=C(C)NC(C)=C1C(=O)OCC)CC. The molecular weight excluding hydrogens is 422 g/mol. The Morgan fingerprint density at radius 3 is 1.85 bits per heavy atom. The lowest BCUT2D eigenvalue weighted by atomic mass is 9.78. The van der Waals surface area contributed by atoms with E-state index < -0.39 is 23.8 Å². The van der Waals surface area contributed by atoms with Crippen molar-refractivity contribution in [1.82, 2.24) is 5.32 Å². The largest absolute Gasteiger partial charge is 0.463 e. The number of nitrogens with one attached hydrogen (secondary N) is 1. The van der Waals surface area contributed by atoms with Crippen LogP contribution in [0.15, 0.2) is 52.4 Å². The van der Waals surface area contributed by atoms with Gasteiger partial charge in [-0.15, -0.1) is 0 Å². The van der Waals surface area contributed by atoms with Crippen molar-refractivity contribution in [2.75, 3.05) is 19.8 Å². The van der Waals surface area contributed by atoms with Gasteiger partial charge in [-0.25, -0.2) is 14.4 Å². The molecule has 0 atom stereocenters. The quantitative estimate of drug-likeness (QED) is 0.335. The second-order valence-electron chi connectivity index (χ2n) is 7.45. The molecule has 0 aromatic heterocycles. The van der Waals surface area contributed by atoms with Crippen molar-refractivity contribution in [3.8, 4) is 0 Å². The fourth-order valence-electron chi connectivity index (χ4n) is 3.89. The molecule has 1 heterocycles. The first-order valence-electron chi connectivity index (χ1n) is 11.3. The van der Waals surface area contributed by atoms with E-state index in [-0.39, 0.29) is 19.8 Å². The molecule has 1 aromatic carbocycles. The Labute approximate surface area is 195 Å². The first-order chi connectivity index (χ1) is 15.8. The van der Waals surface area contributed by atoms with Crippen molar-refractivity contribution in [3.63, 3.8) is 0 Å². The fourth-order valence-corrected chi connectivity index (χ4v) is 3.89. The van der Waals surface area contributed by atoms with Gasteiger partial charge in [0.2, 0.25) is 0 Å². The zero-order valence-corrected chi connectivity index (χ0v) is 20.2. The van der Waals surface area contributed by atoms with Crippen LogP contribution in [0.1, 0.15) is 65.0 Å². The molecule has 0 saturated carbocycles. The van der Waals surface area contributed by atoms with Gasteiger partial charge in [-0.05, 0) is 58.2 Å². The van der Waals surface area contributed by atoms with E-state index in [1.54, 1.807) is 40.7 Å². The Morgan fingerprint density at radius 2 is 1.36 bits per heavy atom. The standard InChI is InChI=1S/C26H33NO6/c1-7-18(24(28)31-8-2)15-19-13-11-12-14-20(19)23-21(25(29)32-9-3)16(5)27-17(6)22(23)26(30)33-10-4/h11-15,23,27H,7-10H2,1-6H3. The smallest absolute Gasteiger partial charge is 0.336 e. The predicted molar refractivity (Wildman–Crippen MR) is 126 cm³/mol. The van der Waals surface area contributed by atoms with E-state index in [1.807, 2.05) is 31.2 Å². The minimum Gasteiger partial charge on any atom is -0.463 e. The average Bonchev–Trinajstić information content (AvgIpc) is 2.77. The van der Waals surface area contributed by atoms with E-state index in [1.165, 1.54) is 0 Å². The lowest BCUT2D eigenvalue weighted by molar-refractivity contribution is -0.140. The molecule has 178 valence electrons. The Morgan fingerprint density at radius 1 is 0.848 bits per heavy atom. The first kappa shape index (κ1) is 25.9. The van der Waals surface area contributed by atoms with Crippen LogP contribution < -0.4 is 5.32 Å². The van der Waals surface area contributed by atoms with Gasteiger partial charge in [0.25, 0.3) is 0 Å². The maximum absolute atomic E-state index is 13.0. The Balaban J connectivity index is 2.77. The molecule has 0 saturated heterocycles. The number of hydrogen-bond acceptors (Lipinski definition) is 7. The van der Waals surface area contributed by atoms with E-state index in [9.17, 15) is 14.4 Å². The highest BCUT2D eigenvalue weighted by molar-refractivity contribution is 6.00. The Bertz CT molecular complexity index is 962. The molecular formula is C26H33NO6. The zero-order chi connectivity index (χ0) is 24.5. The molecule has 7 heteroatoms. The van der Waals surface area contributed by atoms with Crippen molar-refractivity contribution in [2.24, 2.45) is 0 Å². The maximum Gasteiger partial charge on any atom is 0.336 e. The van der Waals surface area contributed by atoms with Gasteiger partial charge >= 0.3 is 17.9 Å². The molecule has 0 bridgehead atoms. The monoisotopic (exact) mass is 455 g/mol. The normalized spacial score (nSPS) is 14.7. The molecule has 0 radical (unpaired) electrons. The van der Waals surface area contributed by atoms with Gasteiger partial charge < -0.3 is 19.5 Å².